The number of amides is 1. The summed E-state index contributed by atoms with van der Waals surface area (Å²) in [5, 5.41) is 11.7. The fourth-order valence-corrected chi connectivity index (χ4v) is 4.82. The lowest BCUT2D eigenvalue weighted by molar-refractivity contribution is -0.139. The maximum atomic E-state index is 12.7. The van der Waals surface area contributed by atoms with E-state index in [0.29, 0.717) is 25.4 Å². The summed E-state index contributed by atoms with van der Waals surface area (Å²) in [5.74, 6) is -1.17. The monoisotopic (exact) mass is 396 g/mol. The number of carboxylic acids is 1. The third-order valence-corrected chi connectivity index (χ3v) is 6.56. The lowest BCUT2D eigenvalue weighted by Gasteiger charge is -2.30. The SMILES string of the molecule is CC(C)C[C@H](NC(=O)c1ccc(S(=O)(=O)N2CCCC(C)C2)cc1)C(=O)O. The first-order chi connectivity index (χ1) is 12.6. The van der Waals surface area contributed by atoms with E-state index >= 15 is 0 Å². The summed E-state index contributed by atoms with van der Waals surface area (Å²) in [5.41, 5.74) is 0.232. The van der Waals surface area contributed by atoms with Crippen LogP contribution in [0.15, 0.2) is 29.2 Å². The molecule has 1 amide bonds. The van der Waals surface area contributed by atoms with Crippen LogP contribution in [0.5, 0.6) is 0 Å². The fourth-order valence-electron chi connectivity index (χ4n) is 3.23. The van der Waals surface area contributed by atoms with Crippen molar-refractivity contribution in [3.63, 3.8) is 0 Å². The standard InChI is InChI=1S/C19H28N2O5S/c1-13(2)11-17(19(23)24)20-18(22)15-6-8-16(9-7-15)27(25,26)21-10-4-5-14(3)12-21/h6-9,13-14,17H,4-5,10-12H2,1-3H3,(H,20,22)(H,23,24)/t14?,17-/m0/s1. The van der Waals surface area contributed by atoms with Crippen molar-refractivity contribution in [3.8, 4) is 0 Å². The molecule has 7 nitrogen and oxygen atoms in total. The molecule has 1 fully saturated rings. The lowest BCUT2D eigenvalue weighted by atomic mass is 10.0. The predicted octanol–water partition coefficient (Wildman–Crippen LogP) is 2.34. The fraction of sp³-hybridized carbons (Fsp3) is 0.579. The highest BCUT2D eigenvalue weighted by atomic mass is 32.2. The quantitative estimate of drug-likeness (QED) is 0.736. The first-order valence-electron chi connectivity index (χ1n) is 9.25. The first kappa shape index (κ1) is 21.4. The van der Waals surface area contributed by atoms with Gasteiger partial charge in [-0.05, 0) is 55.4 Å². The molecule has 0 saturated carbocycles. The zero-order valence-electron chi connectivity index (χ0n) is 16.0. The van der Waals surface area contributed by atoms with Crippen molar-refractivity contribution in [1.82, 2.24) is 9.62 Å². The van der Waals surface area contributed by atoms with Gasteiger partial charge in [-0.15, -0.1) is 0 Å². The molecule has 150 valence electrons. The summed E-state index contributed by atoms with van der Waals surface area (Å²) >= 11 is 0. The van der Waals surface area contributed by atoms with E-state index in [-0.39, 0.29) is 16.4 Å². The smallest absolute Gasteiger partial charge is 0.326 e. The summed E-state index contributed by atoms with van der Waals surface area (Å²) < 4.78 is 27.0. The normalized spacial score (nSPS) is 19.6. The predicted molar refractivity (Wildman–Crippen MR) is 102 cm³/mol. The van der Waals surface area contributed by atoms with Crippen LogP contribution >= 0.6 is 0 Å². The van der Waals surface area contributed by atoms with Gasteiger partial charge >= 0.3 is 5.97 Å². The Bertz CT molecular complexity index is 774. The molecule has 1 heterocycles. The number of rotatable bonds is 7. The van der Waals surface area contributed by atoms with Gasteiger partial charge in [-0.2, -0.15) is 4.31 Å². The summed E-state index contributed by atoms with van der Waals surface area (Å²) in [6, 6.07) is 4.67. The van der Waals surface area contributed by atoms with Crippen LogP contribution in [-0.4, -0.2) is 48.8 Å². The highest BCUT2D eigenvalue weighted by Gasteiger charge is 2.29. The Morgan fingerprint density at radius 3 is 2.41 bits per heavy atom. The zero-order chi connectivity index (χ0) is 20.2. The van der Waals surface area contributed by atoms with Crippen LogP contribution in [0, 0.1) is 11.8 Å². The van der Waals surface area contributed by atoms with Gasteiger partial charge in [0.2, 0.25) is 10.0 Å². The van der Waals surface area contributed by atoms with E-state index in [1.54, 1.807) is 0 Å². The van der Waals surface area contributed by atoms with Crippen LogP contribution in [0.3, 0.4) is 0 Å². The molecule has 0 radical (unpaired) electrons. The number of carboxylic acid groups (broad SMARTS) is 1. The third-order valence-electron chi connectivity index (χ3n) is 4.68. The van der Waals surface area contributed by atoms with E-state index in [4.69, 9.17) is 0 Å². The van der Waals surface area contributed by atoms with Crippen LogP contribution < -0.4 is 5.32 Å². The van der Waals surface area contributed by atoms with Gasteiger partial charge in [-0.1, -0.05) is 20.8 Å². The molecule has 0 aromatic heterocycles. The third kappa shape index (κ3) is 5.52. The number of piperidine rings is 1. The second-order valence-electron chi connectivity index (χ2n) is 7.63. The van der Waals surface area contributed by atoms with Gasteiger partial charge < -0.3 is 10.4 Å². The van der Waals surface area contributed by atoms with Crippen molar-refractivity contribution in [3.05, 3.63) is 29.8 Å². The summed E-state index contributed by atoms with van der Waals surface area (Å²) in [7, 11) is -3.58. The van der Waals surface area contributed by atoms with E-state index in [2.05, 4.69) is 5.32 Å². The summed E-state index contributed by atoms with van der Waals surface area (Å²) in [4.78, 5) is 23.7. The van der Waals surface area contributed by atoms with Gasteiger partial charge in [-0.3, -0.25) is 4.79 Å². The molecule has 1 aromatic rings. The number of carbonyl (C=O) groups excluding carboxylic acids is 1. The van der Waals surface area contributed by atoms with E-state index in [1.165, 1.54) is 28.6 Å². The Balaban J connectivity index is 2.11. The molecule has 0 bridgehead atoms. The molecule has 2 N–H and O–H groups in total. The van der Waals surface area contributed by atoms with E-state index < -0.39 is 27.9 Å². The van der Waals surface area contributed by atoms with E-state index in [0.717, 1.165) is 12.8 Å². The maximum Gasteiger partial charge on any atom is 0.326 e. The molecule has 1 aromatic carbocycles. The number of benzene rings is 1. The van der Waals surface area contributed by atoms with Crippen LogP contribution in [0.2, 0.25) is 0 Å². The molecule has 1 saturated heterocycles. The van der Waals surface area contributed by atoms with Gasteiger partial charge in [0.15, 0.2) is 0 Å². The highest BCUT2D eigenvalue weighted by molar-refractivity contribution is 7.89. The van der Waals surface area contributed by atoms with E-state index in [1.807, 2.05) is 20.8 Å². The maximum absolute atomic E-state index is 12.7. The molecule has 27 heavy (non-hydrogen) atoms. The average molecular weight is 397 g/mol. The Hall–Kier alpha value is -1.93. The minimum absolute atomic E-state index is 0.117. The zero-order valence-corrected chi connectivity index (χ0v) is 16.8. The Morgan fingerprint density at radius 2 is 1.89 bits per heavy atom. The van der Waals surface area contributed by atoms with Crippen molar-refractivity contribution in [2.75, 3.05) is 13.1 Å². The highest BCUT2D eigenvalue weighted by Crippen LogP contribution is 2.23. The van der Waals surface area contributed by atoms with Gasteiger partial charge in [0.05, 0.1) is 4.90 Å². The molecule has 2 rings (SSSR count). The van der Waals surface area contributed by atoms with Gasteiger partial charge in [-0.25, -0.2) is 13.2 Å². The molecular weight excluding hydrogens is 368 g/mol. The minimum atomic E-state index is -3.58. The molecule has 1 unspecified atom stereocenters. The number of hydrogen-bond acceptors (Lipinski definition) is 4. The number of nitrogens with one attached hydrogen (secondary N) is 1. The molecule has 1 aliphatic rings. The molecule has 2 atom stereocenters. The van der Waals surface area contributed by atoms with Crippen molar-refractivity contribution < 1.29 is 23.1 Å². The van der Waals surface area contributed by atoms with Crippen LogP contribution in [0.25, 0.3) is 0 Å². The first-order valence-corrected chi connectivity index (χ1v) is 10.7. The Morgan fingerprint density at radius 1 is 1.26 bits per heavy atom. The number of nitrogens with zero attached hydrogens (tertiary/aromatic N) is 1. The van der Waals surface area contributed by atoms with Crippen LogP contribution in [0.1, 0.15) is 50.4 Å². The van der Waals surface area contributed by atoms with Crippen molar-refractivity contribution in [2.45, 2.75) is 51.0 Å². The molecular formula is C19H28N2O5S. The summed E-state index contributed by atoms with van der Waals surface area (Å²) in [6.07, 6.45) is 2.18. The lowest BCUT2D eigenvalue weighted by Crippen LogP contribution is -2.41. The second-order valence-corrected chi connectivity index (χ2v) is 9.57. The van der Waals surface area contributed by atoms with E-state index in [9.17, 15) is 23.1 Å². The second kappa shape index (κ2) is 8.84. The molecule has 8 heteroatoms. The average Bonchev–Trinajstić information content (AvgIpc) is 2.60. The van der Waals surface area contributed by atoms with Crippen LogP contribution in [-0.2, 0) is 14.8 Å². The van der Waals surface area contributed by atoms with Gasteiger partial charge in [0.25, 0.3) is 5.91 Å². The van der Waals surface area contributed by atoms with Crippen molar-refractivity contribution >= 4 is 21.9 Å². The summed E-state index contributed by atoms with van der Waals surface area (Å²) in [6.45, 7) is 6.79. The number of aliphatic carboxylic acids is 1. The van der Waals surface area contributed by atoms with Gasteiger partial charge in [0, 0.05) is 18.7 Å². The molecule has 0 aliphatic carbocycles. The Labute approximate surface area is 160 Å². The largest absolute Gasteiger partial charge is 0.480 e. The number of sulfonamides is 1. The molecule has 1 aliphatic heterocycles. The number of hydrogen-bond donors (Lipinski definition) is 2. The molecule has 0 spiro atoms. The van der Waals surface area contributed by atoms with Crippen molar-refractivity contribution in [1.29, 1.82) is 0 Å². The van der Waals surface area contributed by atoms with Crippen LogP contribution in [0.4, 0.5) is 0 Å². The number of carbonyl (C=O) groups is 2. The van der Waals surface area contributed by atoms with Gasteiger partial charge in [0.1, 0.15) is 6.04 Å². The minimum Gasteiger partial charge on any atom is -0.480 e. The van der Waals surface area contributed by atoms with Crippen molar-refractivity contribution in [2.24, 2.45) is 11.8 Å². The topological polar surface area (TPSA) is 104 Å². The Kier molecular flexibility index (Phi) is 7.00.